The van der Waals surface area contributed by atoms with Gasteiger partial charge in [0.2, 0.25) is 0 Å². The molecule has 1 saturated heterocycles. The van der Waals surface area contributed by atoms with E-state index in [0.29, 0.717) is 5.92 Å². The molecule has 0 saturated carbocycles. The van der Waals surface area contributed by atoms with Crippen LogP contribution in [0, 0.1) is 13.8 Å². The SMILES string of the molecule is CCN(C)/C=N/c1cc(C)c(Cc2nc(C3CCOCC3)cs2)cc1C. The van der Waals surface area contributed by atoms with Crippen LogP contribution in [0.15, 0.2) is 22.5 Å². The molecule has 0 amide bonds. The van der Waals surface area contributed by atoms with Crippen molar-refractivity contribution in [1.29, 1.82) is 0 Å². The van der Waals surface area contributed by atoms with E-state index in [1.807, 2.05) is 13.4 Å². The first-order valence-corrected chi connectivity index (χ1v) is 10.3. The highest BCUT2D eigenvalue weighted by Crippen LogP contribution is 2.30. The summed E-state index contributed by atoms with van der Waals surface area (Å²) in [5.74, 6) is 0.573. The highest BCUT2D eigenvalue weighted by Gasteiger charge is 2.19. The van der Waals surface area contributed by atoms with Crippen LogP contribution in [0.25, 0.3) is 0 Å². The predicted molar refractivity (Wildman–Crippen MR) is 110 cm³/mol. The summed E-state index contributed by atoms with van der Waals surface area (Å²) in [4.78, 5) is 11.6. The Morgan fingerprint density at radius 3 is 2.77 bits per heavy atom. The Hall–Kier alpha value is -1.72. The summed E-state index contributed by atoms with van der Waals surface area (Å²) in [5.41, 5.74) is 6.15. The number of aliphatic imine (C=N–C) groups is 1. The summed E-state index contributed by atoms with van der Waals surface area (Å²) in [6, 6.07) is 4.46. The molecule has 0 spiro atoms. The topological polar surface area (TPSA) is 37.7 Å². The number of aromatic nitrogens is 1. The van der Waals surface area contributed by atoms with Crippen LogP contribution in [0.3, 0.4) is 0 Å². The molecule has 5 heteroatoms. The Labute approximate surface area is 160 Å². The number of thiazole rings is 1. The smallest absolute Gasteiger partial charge is 0.0972 e. The number of nitrogens with zero attached hydrogens (tertiary/aromatic N) is 3. The average Bonchev–Trinajstić information content (AvgIpc) is 3.12. The van der Waals surface area contributed by atoms with E-state index in [9.17, 15) is 0 Å². The quantitative estimate of drug-likeness (QED) is 0.538. The van der Waals surface area contributed by atoms with E-state index >= 15 is 0 Å². The summed E-state index contributed by atoms with van der Waals surface area (Å²) < 4.78 is 5.47. The molecular weight excluding hydrogens is 342 g/mol. The molecule has 0 unspecified atom stereocenters. The molecule has 26 heavy (non-hydrogen) atoms. The minimum absolute atomic E-state index is 0.573. The Kier molecular flexibility index (Phi) is 6.43. The van der Waals surface area contributed by atoms with E-state index in [-0.39, 0.29) is 0 Å². The van der Waals surface area contributed by atoms with Gasteiger partial charge in [0.1, 0.15) is 0 Å². The molecule has 2 aromatic rings. The fourth-order valence-corrected chi connectivity index (χ4v) is 4.08. The molecule has 1 fully saturated rings. The highest BCUT2D eigenvalue weighted by atomic mass is 32.1. The molecule has 1 aliphatic rings. The lowest BCUT2D eigenvalue weighted by Gasteiger charge is -2.20. The van der Waals surface area contributed by atoms with Gasteiger partial charge in [0, 0.05) is 44.5 Å². The number of hydrogen-bond acceptors (Lipinski definition) is 4. The third-order valence-corrected chi connectivity index (χ3v) is 5.97. The molecule has 4 nitrogen and oxygen atoms in total. The molecule has 2 heterocycles. The van der Waals surface area contributed by atoms with Crippen molar-refractivity contribution in [3.8, 4) is 0 Å². The molecule has 0 N–H and O–H groups in total. The molecule has 0 aliphatic carbocycles. The highest BCUT2D eigenvalue weighted by molar-refractivity contribution is 7.09. The van der Waals surface area contributed by atoms with Crippen LogP contribution in [-0.4, -0.2) is 43.0 Å². The second kappa shape index (κ2) is 8.78. The second-order valence-electron chi connectivity index (χ2n) is 7.11. The molecule has 0 bridgehead atoms. The van der Waals surface area contributed by atoms with Gasteiger partial charge in [-0.1, -0.05) is 6.07 Å². The molecule has 0 atom stereocenters. The van der Waals surface area contributed by atoms with Crippen molar-refractivity contribution in [2.75, 3.05) is 26.8 Å². The van der Waals surface area contributed by atoms with Crippen LogP contribution >= 0.6 is 11.3 Å². The van der Waals surface area contributed by atoms with Gasteiger partial charge in [0.05, 0.1) is 22.7 Å². The largest absolute Gasteiger partial charge is 0.381 e. The summed E-state index contributed by atoms with van der Waals surface area (Å²) in [5, 5.41) is 3.45. The molecule has 1 aromatic carbocycles. The van der Waals surface area contributed by atoms with Gasteiger partial charge in [0.25, 0.3) is 0 Å². The van der Waals surface area contributed by atoms with E-state index in [4.69, 9.17) is 9.72 Å². The minimum Gasteiger partial charge on any atom is -0.381 e. The number of ether oxygens (including phenoxy) is 1. The van der Waals surface area contributed by atoms with Gasteiger partial charge in [-0.3, -0.25) is 0 Å². The van der Waals surface area contributed by atoms with Gasteiger partial charge in [-0.05, 0) is 56.4 Å². The van der Waals surface area contributed by atoms with Gasteiger partial charge in [0.15, 0.2) is 0 Å². The first-order valence-electron chi connectivity index (χ1n) is 9.43. The maximum Gasteiger partial charge on any atom is 0.0972 e. The lowest BCUT2D eigenvalue weighted by atomic mass is 9.97. The summed E-state index contributed by atoms with van der Waals surface area (Å²) >= 11 is 1.79. The van der Waals surface area contributed by atoms with Crippen LogP contribution in [0.2, 0.25) is 0 Å². The first-order chi connectivity index (χ1) is 12.6. The normalized spacial score (nSPS) is 15.7. The second-order valence-corrected chi connectivity index (χ2v) is 8.06. The van der Waals surface area contributed by atoms with Gasteiger partial charge in [-0.2, -0.15) is 0 Å². The Balaban J connectivity index is 1.73. The lowest BCUT2D eigenvalue weighted by molar-refractivity contribution is 0.0846. The van der Waals surface area contributed by atoms with Crippen molar-refractivity contribution >= 4 is 23.4 Å². The van der Waals surface area contributed by atoms with Gasteiger partial charge in [-0.25, -0.2) is 9.98 Å². The van der Waals surface area contributed by atoms with Crippen LogP contribution in [0.1, 0.15) is 53.1 Å². The van der Waals surface area contributed by atoms with Crippen molar-refractivity contribution in [1.82, 2.24) is 9.88 Å². The van der Waals surface area contributed by atoms with Crippen molar-refractivity contribution in [3.05, 3.63) is 44.9 Å². The fraction of sp³-hybridized carbons (Fsp3) is 0.524. The van der Waals surface area contributed by atoms with Gasteiger partial charge in [-0.15, -0.1) is 11.3 Å². The van der Waals surface area contributed by atoms with E-state index in [1.165, 1.54) is 27.4 Å². The molecule has 1 aromatic heterocycles. The third kappa shape index (κ3) is 4.71. The number of rotatable bonds is 6. The Morgan fingerprint density at radius 2 is 2.04 bits per heavy atom. The van der Waals surface area contributed by atoms with Crippen molar-refractivity contribution in [3.63, 3.8) is 0 Å². The standard InChI is InChI=1S/C21H29N3OS/c1-5-24(4)14-22-19-11-15(2)18(10-16(19)3)12-21-23-20(13-26-21)17-6-8-25-9-7-17/h10-11,13-14,17H,5-9,12H2,1-4H3/b22-14+. The van der Waals surface area contributed by atoms with E-state index in [2.05, 4.69) is 48.2 Å². The molecule has 3 rings (SSSR count). The average molecular weight is 372 g/mol. The molecule has 140 valence electrons. The molecule has 1 aliphatic heterocycles. The third-order valence-electron chi connectivity index (χ3n) is 5.10. The maximum absolute atomic E-state index is 5.47. The van der Waals surface area contributed by atoms with Crippen LogP contribution in [-0.2, 0) is 11.2 Å². The van der Waals surface area contributed by atoms with Crippen molar-refractivity contribution in [2.45, 2.75) is 46.0 Å². The zero-order valence-corrected chi connectivity index (χ0v) is 17.1. The maximum atomic E-state index is 5.47. The monoisotopic (exact) mass is 371 g/mol. The first kappa shape index (κ1) is 19.1. The van der Waals surface area contributed by atoms with E-state index in [1.54, 1.807) is 11.3 Å². The zero-order valence-electron chi connectivity index (χ0n) is 16.3. The van der Waals surface area contributed by atoms with Crippen molar-refractivity contribution in [2.24, 2.45) is 4.99 Å². The van der Waals surface area contributed by atoms with Crippen LogP contribution in [0.5, 0.6) is 0 Å². The summed E-state index contributed by atoms with van der Waals surface area (Å²) in [6.45, 7) is 9.12. The molecule has 0 radical (unpaired) electrons. The van der Waals surface area contributed by atoms with Gasteiger partial charge >= 0.3 is 0 Å². The number of benzene rings is 1. The van der Waals surface area contributed by atoms with Crippen LogP contribution in [0.4, 0.5) is 5.69 Å². The Morgan fingerprint density at radius 1 is 1.27 bits per heavy atom. The predicted octanol–water partition coefficient (Wildman–Crippen LogP) is 4.86. The Bertz CT molecular complexity index is 763. The van der Waals surface area contributed by atoms with Crippen molar-refractivity contribution < 1.29 is 4.74 Å². The van der Waals surface area contributed by atoms with E-state index < -0.39 is 0 Å². The number of hydrogen-bond donors (Lipinski definition) is 0. The van der Waals surface area contributed by atoms with Gasteiger partial charge < -0.3 is 9.64 Å². The summed E-state index contributed by atoms with van der Waals surface area (Å²) in [6.07, 6.45) is 5.00. The van der Waals surface area contributed by atoms with Crippen LogP contribution < -0.4 is 0 Å². The summed E-state index contributed by atoms with van der Waals surface area (Å²) in [7, 11) is 2.04. The van der Waals surface area contributed by atoms with E-state index in [0.717, 1.165) is 44.7 Å². The fourth-order valence-electron chi connectivity index (χ4n) is 3.18. The number of aryl methyl sites for hydroxylation is 2. The zero-order chi connectivity index (χ0) is 18.5. The lowest BCUT2D eigenvalue weighted by Crippen LogP contribution is -2.14. The minimum atomic E-state index is 0.573. The molecular formula is C21H29N3OS.